The van der Waals surface area contributed by atoms with E-state index in [1.54, 1.807) is 11.8 Å². The fourth-order valence-corrected chi connectivity index (χ4v) is 4.47. The first kappa shape index (κ1) is 17.9. The number of hydrogen-bond acceptors (Lipinski definition) is 6. The number of benzene rings is 2. The summed E-state index contributed by atoms with van der Waals surface area (Å²) in [5.41, 5.74) is 2.71. The number of amides is 1. The molecule has 0 atom stereocenters. The maximum absolute atomic E-state index is 12.6. The molecule has 0 spiro atoms. The molecule has 2 aromatic carbocycles. The lowest BCUT2D eigenvalue weighted by Gasteiger charge is -2.06. The first-order chi connectivity index (χ1) is 13.1. The summed E-state index contributed by atoms with van der Waals surface area (Å²) in [7, 11) is 0. The normalized spacial score (nSPS) is 12.2. The van der Waals surface area contributed by atoms with Crippen LogP contribution in [-0.4, -0.2) is 23.9 Å². The van der Waals surface area contributed by atoms with Gasteiger partial charge in [-0.05, 0) is 43.0 Å². The van der Waals surface area contributed by atoms with E-state index in [1.807, 2.05) is 55.6 Å². The third kappa shape index (κ3) is 3.79. The Morgan fingerprint density at radius 3 is 2.89 bits per heavy atom. The van der Waals surface area contributed by atoms with Crippen LogP contribution in [0.1, 0.15) is 26.5 Å². The molecule has 1 amide bonds. The maximum atomic E-state index is 12.6. The molecule has 4 rings (SSSR count). The number of hydrogen-bond donors (Lipinski definition) is 1. The second kappa shape index (κ2) is 7.62. The molecule has 0 radical (unpaired) electrons. The van der Waals surface area contributed by atoms with Crippen molar-refractivity contribution in [1.82, 2.24) is 4.98 Å². The fourth-order valence-electron chi connectivity index (χ4n) is 2.88. The number of fused-ring (bicyclic) bond motifs is 1. The quantitative estimate of drug-likeness (QED) is 0.629. The molecule has 1 aliphatic rings. The molecule has 27 heavy (non-hydrogen) atoms. The van der Waals surface area contributed by atoms with E-state index in [1.165, 1.54) is 11.3 Å². The minimum Gasteiger partial charge on any atom is -0.454 e. The minimum atomic E-state index is -0.136. The monoisotopic (exact) mass is 398 g/mol. The van der Waals surface area contributed by atoms with Crippen LogP contribution in [0.5, 0.6) is 11.5 Å². The van der Waals surface area contributed by atoms with Crippen molar-refractivity contribution in [2.75, 3.05) is 18.4 Å². The molecule has 5 nitrogen and oxygen atoms in total. The molecule has 0 aliphatic carbocycles. The number of carbonyl (C=O) groups is 1. The largest absolute Gasteiger partial charge is 0.454 e. The van der Waals surface area contributed by atoms with Gasteiger partial charge in [0, 0.05) is 16.2 Å². The average molecular weight is 399 g/mol. The molecule has 0 bridgehead atoms. The molecular formula is C20H18N2O3S2. The van der Waals surface area contributed by atoms with Gasteiger partial charge in [-0.25, -0.2) is 4.98 Å². The van der Waals surface area contributed by atoms with Crippen LogP contribution in [0.3, 0.4) is 0 Å². The summed E-state index contributed by atoms with van der Waals surface area (Å²) in [6, 6.07) is 13.5. The van der Waals surface area contributed by atoms with Gasteiger partial charge in [0.2, 0.25) is 6.79 Å². The lowest BCUT2D eigenvalue weighted by atomic mass is 10.1. The van der Waals surface area contributed by atoms with Gasteiger partial charge in [0.25, 0.3) is 5.91 Å². The lowest BCUT2D eigenvalue weighted by molar-refractivity contribution is 0.102. The van der Waals surface area contributed by atoms with Gasteiger partial charge in [-0.3, -0.25) is 10.1 Å². The summed E-state index contributed by atoms with van der Waals surface area (Å²) in [5, 5.41) is 3.55. The molecule has 3 aromatic rings. The van der Waals surface area contributed by atoms with Crippen LogP contribution in [0.2, 0.25) is 0 Å². The van der Waals surface area contributed by atoms with Gasteiger partial charge in [0.1, 0.15) is 0 Å². The molecule has 0 unspecified atom stereocenters. The summed E-state index contributed by atoms with van der Waals surface area (Å²) >= 11 is 3.06. The van der Waals surface area contributed by atoms with E-state index in [0.29, 0.717) is 10.7 Å². The van der Waals surface area contributed by atoms with Gasteiger partial charge in [-0.1, -0.05) is 18.2 Å². The van der Waals surface area contributed by atoms with Crippen molar-refractivity contribution in [2.24, 2.45) is 0 Å². The van der Waals surface area contributed by atoms with E-state index in [9.17, 15) is 4.79 Å². The molecule has 0 saturated carbocycles. The second-order valence-corrected chi connectivity index (χ2v) is 7.98. The molecule has 138 valence electrons. The fraction of sp³-hybridized carbons (Fsp3) is 0.200. The van der Waals surface area contributed by atoms with Crippen molar-refractivity contribution >= 4 is 34.1 Å². The summed E-state index contributed by atoms with van der Waals surface area (Å²) in [4.78, 5) is 19.2. The topological polar surface area (TPSA) is 60.5 Å². The summed E-state index contributed by atoms with van der Waals surface area (Å²) in [6.45, 7) is 2.23. The van der Waals surface area contributed by atoms with E-state index in [2.05, 4.69) is 10.3 Å². The molecular weight excluding hydrogens is 380 g/mol. The third-order valence-electron chi connectivity index (χ3n) is 4.27. The van der Waals surface area contributed by atoms with Crippen LogP contribution in [0.15, 0.2) is 47.4 Å². The Hall–Kier alpha value is -2.51. The number of nitrogens with one attached hydrogen (secondary N) is 1. The minimum absolute atomic E-state index is 0.136. The highest BCUT2D eigenvalue weighted by atomic mass is 32.2. The van der Waals surface area contributed by atoms with Crippen LogP contribution >= 0.6 is 23.1 Å². The van der Waals surface area contributed by atoms with E-state index >= 15 is 0 Å². The predicted octanol–water partition coefficient (Wildman–Crippen LogP) is 4.75. The Morgan fingerprint density at radius 2 is 2.04 bits per heavy atom. The Bertz CT molecular complexity index is 1000. The molecule has 1 aliphatic heterocycles. The number of ether oxygens (including phenoxy) is 2. The summed E-state index contributed by atoms with van der Waals surface area (Å²) < 4.78 is 10.8. The van der Waals surface area contributed by atoms with Crippen molar-refractivity contribution in [1.29, 1.82) is 0 Å². The Labute approximate surface area is 165 Å². The number of aromatic nitrogens is 1. The Balaban J connectivity index is 1.50. The zero-order chi connectivity index (χ0) is 18.8. The van der Waals surface area contributed by atoms with Crippen LogP contribution in [0, 0.1) is 6.92 Å². The molecule has 0 fully saturated rings. The Morgan fingerprint density at radius 1 is 1.22 bits per heavy atom. The number of thioether (sulfide) groups is 1. The second-order valence-electron chi connectivity index (χ2n) is 6.05. The highest BCUT2D eigenvalue weighted by Crippen LogP contribution is 2.34. The summed E-state index contributed by atoms with van der Waals surface area (Å²) in [6.07, 6.45) is 2.69. The van der Waals surface area contributed by atoms with Crippen molar-refractivity contribution in [2.45, 2.75) is 18.2 Å². The van der Waals surface area contributed by atoms with Crippen molar-refractivity contribution in [3.05, 3.63) is 64.2 Å². The molecule has 1 aromatic heterocycles. The van der Waals surface area contributed by atoms with E-state index in [0.717, 1.165) is 38.9 Å². The van der Waals surface area contributed by atoms with Crippen LogP contribution in [0.4, 0.5) is 5.13 Å². The van der Waals surface area contributed by atoms with Crippen molar-refractivity contribution in [3.8, 4) is 11.5 Å². The van der Waals surface area contributed by atoms with Gasteiger partial charge in [0.15, 0.2) is 16.6 Å². The SMILES string of the molecule is CSc1ccccc1C(=O)Nc1nc(C)c(Cc2ccc3c(c2)OCO3)s1. The van der Waals surface area contributed by atoms with Gasteiger partial charge >= 0.3 is 0 Å². The maximum Gasteiger partial charge on any atom is 0.258 e. The average Bonchev–Trinajstić information content (AvgIpc) is 3.27. The van der Waals surface area contributed by atoms with Gasteiger partial charge in [0.05, 0.1) is 11.3 Å². The number of rotatable bonds is 5. The summed E-state index contributed by atoms with van der Waals surface area (Å²) in [5.74, 6) is 1.42. The third-order valence-corrected chi connectivity index (χ3v) is 6.14. The number of anilines is 1. The highest BCUT2D eigenvalue weighted by Gasteiger charge is 2.17. The van der Waals surface area contributed by atoms with Gasteiger partial charge in [-0.15, -0.1) is 23.1 Å². The Kier molecular flexibility index (Phi) is 5.05. The van der Waals surface area contributed by atoms with Crippen LogP contribution in [0.25, 0.3) is 0 Å². The first-order valence-electron chi connectivity index (χ1n) is 8.43. The smallest absolute Gasteiger partial charge is 0.258 e. The van der Waals surface area contributed by atoms with E-state index < -0.39 is 0 Å². The van der Waals surface area contributed by atoms with E-state index in [-0.39, 0.29) is 12.7 Å². The van der Waals surface area contributed by atoms with Crippen molar-refractivity contribution in [3.63, 3.8) is 0 Å². The molecule has 7 heteroatoms. The zero-order valence-electron chi connectivity index (χ0n) is 14.9. The van der Waals surface area contributed by atoms with Crippen LogP contribution < -0.4 is 14.8 Å². The first-order valence-corrected chi connectivity index (χ1v) is 10.5. The number of carbonyl (C=O) groups excluding carboxylic acids is 1. The number of nitrogens with zero attached hydrogens (tertiary/aromatic N) is 1. The zero-order valence-corrected chi connectivity index (χ0v) is 16.6. The standard InChI is InChI=1S/C20H18N2O3S2/c1-12-18(10-13-7-8-15-16(9-13)25-11-24-15)27-20(21-12)22-19(23)14-5-3-4-6-17(14)26-2/h3-9H,10-11H2,1-2H3,(H,21,22,23). The van der Waals surface area contributed by atoms with Crippen LogP contribution in [-0.2, 0) is 6.42 Å². The van der Waals surface area contributed by atoms with Gasteiger partial charge in [-0.2, -0.15) is 0 Å². The molecule has 0 saturated heterocycles. The van der Waals surface area contributed by atoms with Crippen molar-refractivity contribution < 1.29 is 14.3 Å². The number of thiazole rings is 1. The molecule has 1 N–H and O–H groups in total. The highest BCUT2D eigenvalue weighted by molar-refractivity contribution is 7.98. The molecule has 2 heterocycles. The lowest BCUT2D eigenvalue weighted by Crippen LogP contribution is -2.12. The number of aryl methyl sites for hydroxylation is 1. The predicted molar refractivity (Wildman–Crippen MR) is 108 cm³/mol. The van der Waals surface area contributed by atoms with Gasteiger partial charge < -0.3 is 9.47 Å². The van der Waals surface area contributed by atoms with E-state index in [4.69, 9.17) is 9.47 Å².